The summed E-state index contributed by atoms with van der Waals surface area (Å²) in [6.45, 7) is 9.52. The Bertz CT molecular complexity index is 190. The first-order valence-electron chi connectivity index (χ1n) is 8.18. The molecule has 0 saturated heterocycles. The van der Waals surface area contributed by atoms with Crippen LogP contribution in [0.1, 0.15) is 91.9 Å². The highest BCUT2D eigenvalue weighted by Crippen LogP contribution is 2.54. The second kappa shape index (κ2) is 7.44. The summed E-state index contributed by atoms with van der Waals surface area (Å²) in [5.41, 5.74) is 0.769. The van der Waals surface area contributed by atoms with Crippen molar-refractivity contribution < 1.29 is 0 Å². The Morgan fingerprint density at radius 2 is 1.88 bits per heavy atom. The van der Waals surface area contributed by atoms with Crippen LogP contribution < -0.4 is 0 Å². The number of hydrogen-bond donors (Lipinski definition) is 0. The SMILES string of the molecule is CCC(C)CCCCCC1(CC)CCC1CC. The second-order valence-electron chi connectivity index (χ2n) is 6.47. The summed E-state index contributed by atoms with van der Waals surface area (Å²) in [5, 5.41) is 0. The molecule has 0 nitrogen and oxygen atoms in total. The normalized spacial score (nSPS) is 30.0. The fourth-order valence-electron chi connectivity index (χ4n) is 3.72. The van der Waals surface area contributed by atoms with Gasteiger partial charge in [-0.05, 0) is 36.5 Å². The topological polar surface area (TPSA) is 0 Å². The van der Waals surface area contributed by atoms with Crippen LogP contribution in [-0.2, 0) is 0 Å². The van der Waals surface area contributed by atoms with Gasteiger partial charge in [0.25, 0.3) is 0 Å². The summed E-state index contributed by atoms with van der Waals surface area (Å²) in [6.07, 6.45) is 14.6. The number of hydrogen-bond acceptors (Lipinski definition) is 0. The van der Waals surface area contributed by atoms with E-state index in [0.29, 0.717) is 0 Å². The molecule has 0 spiro atoms. The Hall–Kier alpha value is 0. The summed E-state index contributed by atoms with van der Waals surface area (Å²) in [6, 6.07) is 0. The van der Waals surface area contributed by atoms with Gasteiger partial charge in [0.1, 0.15) is 0 Å². The predicted octanol–water partition coefficient (Wildman–Crippen LogP) is 6.20. The van der Waals surface area contributed by atoms with E-state index in [1.54, 1.807) is 0 Å². The van der Waals surface area contributed by atoms with Gasteiger partial charge in [-0.25, -0.2) is 0 Å². The van der Waals surface area contributed by atoms with Crippen molar-refractivity contribution in [3.8, 4) is 0 Å². The van der Waals surface area contributed by atoms with E-state index in [4.69, 9.17) is 0 Å². The molecule has 1 fully saturated rings. The van der Waals surface area contributed by atoms with Crippen LogP contribution >= 0.6 is 0 Å². The van der Waals surface area contributed by atoms with Crippen LogP contribution in [0, 0.1) is 17.3 Å². The summed E-state index contributed by atoms with van der Waals surface area (Å²) in [7, 11) is 0. The predicted molar refractivity (Wildman–Crippen MR) is 78.3 cm³/mol. The van der Waals surface area contributed by atoms with E-state index in [1.165, 1.54) is 64.2 Å². The summed E-state index contributed by atoms with van der Waals surface area (Å²) in [4.78, 5) is 0. The lowest BCUT2D eigenvalue weighted by Crippen LogP contribution is -2.39. The lowest BCUT2D eigenvalue weighted by Gasteiger charge is -2.50. The van der Waals surface area contributed by atoms with Crippen molar-refractivity contribution in [3.05, 3.63) is 0 Å². The van der Waals surface area contributed by atoms with Crippen molar-refractivity contribution in [2.24, 2.45) is 17.3 Å². The van der Waals surface area contributed by atoms with Gasteiger partial charge in [0.15, 0.2) is 0 Å². The molecule has 0 heteroatoms. The molecule has 0 aromatic rings. The van der Waals surface area contributed by atoms with Gasteiger partial charge in [0.2, 0.25) is 0 Å². The van der Waals surface area contributed by atoms with Crippen LogP contribution in [0.15, 0.2) is 0 Å². The van der Waals surface area contributed by atoms with Gasteiger partial charge in [-0.15, -0.1) is 0 Å². The molecule has 0 amide bonds. The standard InChI is InChI=1S/C17H34/c1-5-15(4)11-9-8-10-13-17(7-3)14-12-16(17)6-2/h15-16H,5-14H2,1-4H3. The fraction of sp³-hybridized carbons (Fsp3) is 1.00. The molecule has 1 aliphatic carbocycles. The Kier molecular flexibility index (Phi) is 6.59. The fourth-order valence-corrected chi connectivity index (χ4v) is 3.72. The first-order valence-corrected chi connectivity index (χ1v) is 8.18. The van der Waals surface area contributed by atoms with Gasteiger partial charge in [0, 0.05) is 0 Å². The van der Waals surface area contributed by atoms with E-state index in [1.807, 2.05) is 0 Å². The van der Waals surface area contributed by atoms with Crippen molar-refractivity contribution in [2.75, 3.05) is 0 Å². The van der Waals surface area contributed by atoms with Crippen molar-refractivity contribution in [1.29, 1.82) is 0 Å². The second-order valence-corrected chi connectivity index (χ2v) is 6.47. The molecular weight excluding hydrogens is 204 g/mol. The molecule has 17 heavy (non-hydrogen) atoms. The van der Waals surface area contributed by atoms with Gasteiger partial charge < -0.3 is 0 Å². The lowest BCUT2D eigenvalue weighted by molar-refractivity contribution is 0.0103. The van der Waals surface area contributed by atoms with Crippen LogP contribution in [0.4, 0.5) is 0 Å². The molecule has 0 radical (unpaired) electrons. The molecule has 3 atom stereocenters. The first-order chi connectivity index (χ1) is 8.18. The molecule has 0 aliphatic heterocycles. The lowest BCUT2D eigenvalue weighted by atomic mass is 9.55. The molecule has 3 unspecified atom stereocenters. The minimum absolute atomic E-state index is 0.769. The number of unbranched alkanes of at least 4 members (excludes halogenated alkanes) is 2. The smallest absolute Gasteiger partial charge is 0.0272 e. The summed E-state index contributed by atoms with van der Waals surface area (Å²) in [5.74, 6) is 2.00. The highest BCUT2D eigenvalue weighted by molar-refractivity contribution is 4.93. The zero-order valence-electron chi connectivity index (χ0n) is 12.7. The zero-order chi connectivity index (χ0) is 12.7. The average molecular weight is 238 g/mol. The van der Waals surface area contributed by atoms with Gasteiger partial charge in [-0.3, -0.25) is 0 Å². The van der Waals surface area contributed by atoms with Crippen molar-refractivity contribution >= 4 is 0 Å². The van der Waals surface area contributed by atoms with E-state index in [9.17, 15) is 0 Å². The van der Waals surface area contributed by atoms with Gasteiger partial charge in [-0.2, -0.15) is 0 Å². The third-order valence-electron chi connectivity index (χ3n) is 5.62. The van der Waals surface area contributed by atoms with Gasteiger partial charge in [-0.1, -0.05) is 72.6 Å². The van der Waals surface area contributed by atoms with Crippen LogP contribution in [-0.4, -0.2) is 0 Å². The highest BCUT2D eigenvalue weighted by atomic mass is 14.5. The van der Waals surface area contributed by atoms with Crippen LogP contribution in [0.25, 0.3) is 0 Å². The van der Waals surface area contributed by atoms with Crippen molar-refractivity contribution in [2.45, 2.75) is 91.9 Å². The summed E-state index contributed by atoms with van der Waals surface area (Å²) >= 11 is 0. The first kappa shape index (κ1) is 15.1. The molecular formula is C17H34. The minimum Gasteiger partial charge on any atom is -0.0651 e. The van der Waals surface area contributed by atoms with E-state index in [-0.39, 0.29) is 0 Å². The molecule has 1 saturated carbocycles. The maximum absolute atomic E-state index is 2.42. The quantitative estimate of drug-likeness (QED) is 0.419. The highest BCUT2D eigenvalue weighted by Gasteiger charge is 2.42. The maximum atomic E-state index is 2.42. The van der Waals surface area contributed by atoms with Crippen LogP contribution in [0.5, 0.6) is 0 Å². The monoisotopic (exact) mass is 238 g/mol. The van der Waals surface area contributed by atoms with E-state index < -0.39 is 0 Å². The largest absolute Gasteiger partial charge is 0.0651 e. The van der Waals surface area contributed by atoms with Crippen LogP contribution in [0.2, 0.25) is 0 Å². The van der Waals surface area contributed by atoms with E-state index in [0.717, 1.165) is 17.3 Å². The molecule has 0 N–H and O–H groups in total. The summed E-state index contributed by atoms with van der Waals surface area (Å²) < 4.78 is 0. The molecule has 1 rings (SSSR count). The third kappa shape index (κ3) is 4.00. The Balaban J connectivity index is 2.12. The third-order valence-corrected chi connectivity index (χ3v) is 5.62. The van der Waals surface area contributed by atoms with Gasteiger partial charge >= 0.3 is 0 Å². The van der Waals surface area contributed by atoms with Crippen LogP contribution in [0.3, 0.4) is 0 Å². The van der Waals surface area contributed by atoms with Crippen molar-refractivity contribution in [3.63, 3.8) is 0 Å². The minimum atomic E-state index is 0.769. The Morgan fingerprint density at radius 1 is 1.12 bits per heavy atom. The van der Waals surface area contributed by atoms with Gasteiger partial charge in [0.05, 0.1) is 0 Å². The van der Waals surface area contributed by atoms with E-state index in [2.05, 4.69) is 27.7 Å². The molecule has 0 aromatic carbocycles. The molecule has 0 heterocycles. The van der Waals surface area contributed by atoms with Crippen molar-refractivity contribution in [1.82, 2.24) is 0 Å². The number of rotatable bonds is 9. The molecule has 1 aliphatic rings. The average Bonchev–Trinajstić information content (AvgIpc) is 2.32. The molecule has 0 aromatic heterocycles. The molecule has 0 bridgehead atoms. The zero-order valence-corrected chi connectivity index (χ0v) is 12.7. The Morgan fingerprint density at radius 3 is 2.35 bits per heavy atom. The maximum Gasteiger partial charge on any atom is -0.0272 e. The van der Waals surface area contributed by atoms with E-state index >= 15 is 0 Å². The molecule has 102 valence electrons. The Labute approximate surface area is 110 Å².